The molecule has 1 saturated heterocycles. The number of fused-ring (bicyclic) bond motifs is 1. The van der Waals surface area contributed by atoms with Gasteiger partial charge in [0, 0.05) is 50.5 Å². The molecule has 3 rings (SSSR count). The number of benzene rings is 1. The van der Waals surface area contributed by atoms with Gasteiger partial charge in [-0.2, -0.15) is 0 Å². The van der Waals surface area contributed by atoms with E-state index < -0.39 is 5.60 Å². The summed E-state index contributed by atoms with van der Waals surface area (Å²) in [5.41, 5.74) is 2.95. The van der Waals surface area contributed by atoms with E-state index in [1.807, 2.05) is 25.7 Å². The highest BCUT2D eigenvalue weighted by Crippen LogP contribution is 2.43. The van der Waals surface area contributed by atoms with Gasteiger partial charge < -0.3 is 19.4 Å². The molecule has 0 radical (unpaired) electrons. The Morgan fingerprint density at radius 3 is 2.21 bits per heavy atom. The Bertz CT molecular complexity index is 778. The van der Waals surface area contributed by atoms with E-state index in [0.717, 1.165) is 24.5 Å². The molecule has 2 aliphatic rings. The van der Waals surface area contributed by atoms with Crippen molar-refractivity contribution in [2.24, 2.45) is 5.92 Å². The first-order valence-electron chi connectivity index (χ1n) is 10.7. The summed E-state index contributed by atoms with van der Waals surface area (Å²) in [5, 5.41) is 0. The first-order chi connectivity index (χ1) is 13.5. The van der Waals surface area contributed by atoms with Crippen molar-refractivity contribution in [3.05, 3.63) is 23.8 Å². The number of anilines is 2. The summed E-state index contributed by atoms with van der Waals surface area (Å²) < 4.78 is 5.49. The zero-order valence-corrected chi connectivity index (χ0v) is 18.9. The number of hydrogen-bond donors (Lipinski definition) is 0. The summed E-state index contributed by atoms with van der Waals surface area (Å²) in [4.78, 5) is 30.6. The van der Waals surface area contributed by atoms with Crippen LogP contribution in [-0.4, -0.2) is 54.7 Å². The predicted molar refractivity (Wildman–Crippen MR) is 117 cm³/mol. The Hall–Kier alpha value is -2.24. The van der Waals surface area contributed by atoms with E-state index in [-0.39, 0.29) is 18.0 Å². The molecule has 0 unspecified atom stereocenters. The zero-order chi connectivity index (χ0) is 21.5. The molecule has 2 heterocycles. The number of nitrogens with zero attached hydrogens (tertiary/aromatic N) is 3. The van der Waals surface area contributed by atoms with Crippen molar-refractivity contribution in [1.82, 2.24) is 4.90 Å². The van der Waals surface area contributed by atoms with E-state index in [4.69, 9.17) is 4.74 Å². The van der Waals surface area contributed by atoms with E-state index in [1.54, 1.807) is 11.8 Å². The van der Waals surface area contributed by atoms with Gasteiger partial charge in [-0.15, -0.1) is 0 Å². The van der Waals surface area contributed by atoms with Crippen LogP contribution in [0.5, 0.6) is 0 Å². The predicted octanol–water partition coefficient (Wildman–Crippen LogP) is 4.24. The molecule has 0 spiro atoms. The third kappa shape index (κ3) is 4.36. The van der Waals surface area contributed by atoms with Crippen LogP contribution in [0.2, 0.25) is 0 Å². The average Bonchev–Trinajstić information content (AvgIpc) is 2.64. The Balaban J connectivity index is 1.76. The molecule has 6 nitrogen and oxygen atoms in total. The lowest BCUT2D eigenvalue weighted by Gasteiger charge is -2.43. The summed E-state index contributed by atoms with van der Waals surface area (Å²) in [5.74, 6) is 0.875. The van der Waals surface area contributed by atoms with E-state index in [2.05, 4.69) is 43.9 Å². The number of amides is 2. The molecule has 29 heavy (non-hydrogen) atoms. The minimum Gasteiger partial charge on any atom is -0.444 e. The summed E-state index contributed by atoms with van der Waals surface area (Å²) in [7, 11) is 0. The van der Waals surface area contributed by atoms with Crippen molar-refractivity contribution in [3.8, 4) is 0 Å². The van der Waals surface area contributed by atoms with Crippen molar-refractivity contribution < 1.29 is 14.3 Å². The smallest absolute Gasteiger partial charge is 0.410 e. The Kier molecular flexibility index (Phi) is 5.84. The van der Waals surface area contributed by atoms with Crippen molar-refractivity contribution in [1.29, 1.82) is 0 Å². The molecule has 2 aliphatic heterocycles. The maximum Gasteiger partial charge on any atom is 0.410 e. The van der Waals surface area contributed by atoms with Crippen LogP contribution in [0.4, 0.5) is 16.2 Å². The standard InChI is InChI=1S/C23H35N3O3/c1-15-16(2)20-14-19(8-9-21(20)26(17(15)3)18(4)27)24-10-12-25(13-11-24)22(28)29-23(5,6)7/h8-9,14-17H,10-13H2,1-7H3/t15-,16-,17+/m1/s1. The maximum absolute atomic E-state index is 12.3. The Labute approximate surface area is 174 Å². The van der Waals surface area contributed by atoms with Crippen molar-refractivity contribution in [3.63, 3.8) is 0 Å². The van der Waals surface area contributed by atoms with Gasteiger partial charge in [-0.05, 0) is 63.3 Å². The normalized spacial score (nSPS) is 24.9. The third-order valence-electron chi connectivity index (χ3n) is 6.35. The fourth-order valence-electron chi connectivity index (χ4n) is 4.41. The molecule has 0 aliphatic carbocycles. The number of rotatable bonds is 1. The second-order valence-corrected chi connectivity index (χ2v) is 9.47. The van der Waals surface area contributed by atoms with Gasteiger partial charge in [-0.3, -0.25) is 4.79 Å². The highest BCUT2D eigenvalue weighted by molar-refractivity contribution is 5.94. The zero-order valence-electron chi connectivity index (χ0n) is 18.9. The Morgan fingerprint density at radius 1 is 1.03 bits per heavy atom. The highest BCUT2D eigenvalue weighted by atomic mass is 16.6. The number of carbonyl (C=O) groups is 2. The molecular formula is C23H35N3O3. The quantitative estimate of drug-likeness (QED) is 0.706. The summed E-state index contributed by atoms with van der Waals surface area (Å²) in [6.45, 7) is 16.8. The first-order valence-corrected chi connectivity index (χ1v) is 10.7. The van der Waals surface area contributed by atoms with Crippen LogP contribution >= 0.6 is 0 Å². The van der Waals surface area contributed by atoms with Crippen LogP contribution < -0.4 is 9.80 Å². The summed E-state index contributed by atoms with van der Waals surface area (Å²) >= 11 is 0. The molecule has 1 fully saturated rings. The van der Waals surface area contributed by atoms with Gasteiger partial charge >= 0.3 is 6.09 Å². The molecule has 1 aromatic carbocycles. The van der Waals surface area contributed by atoms with Crippen LogP contribution in [0.1, 0.15) is 59.9 Å². The van der Waals surface area contributed by atoms with Gasteiger partial charge in [0.25, 0.3) is 0 Å². The number of carbonyl (C=O) groups excluding carboxylic acids is 2. The van der Waals surface area contributed by atoms with E-state index in [9.17, 15) is 9.59 Å². The second kappa shape index (κ2) is 7.88. The monoisotopic (exact) mass is 401 g/mol. The average molecular weight is 402 g/mol. The molecule has 0 aromatic heterocycles. The lowest BCUT2D eigenvalue weighted by Crippen LogP contribution is -2.50. The van der Waals surface area contributed by atoms with Gasteiger partial charge in [0.2, 0.25) is 5.91 Å². The molecular weight excluding hydrogens is 366 g/mol. The molecule has 160 valence electrons. The lowest BCUT2D eigenvalue weighted by atomic mass is 9.78. The van der Waals surface area contributed by atoms with Gasteiger partial charge in [-0.1, -0.05) is 13.8 Å². The largest absolute Gasteiger partial charge is 0.444 e. The van der Waals surface area contributed by atoms with Crippen LogP contribution in [0.3, 0.4) is 0 Å². The lowest BCUT2D eigenvalue weighted by molar-refractivity contribution is -0.117. The van der Waals surface area contributed by atoms with Gasteiger partial charge in [-0.25, -0.2) is 4.79 Å². The van der Waals surface area contributed by atoms with Crippen LogP contribution in [0.25, 0.3) is 0 Å². The molecule has 6 heteroatoms. The summed E-state index contributed by atoms with van der Waals surface area (Å²) in [6, 6.07) is 6.62. The Morgan fingerprint density at radius 2 is 1.66 bits per heavy atom. The van der Waals surface area contributed by atoms with E-state index >= 15 is 0 Å². The molecule has 1 aromatic rings. The van der Waals surface area contributed by atoms with Gasteiger partial charge in [0.05, 0.1) is 0 Å². The van der Waals surface area contributed by atoms with Crippen LogP contribution in [-0.2, 0) is 9.53 Å². The maximum atomic E-state index is 12.3. The molecule has 2 amide bonds. The number of hydrogen-bond acceptors (Lipinski definition) is 4. The van der Waals surface area contributed by atoms with E-state index in [0.29, 0.717) is 24.9 Å². The minimum atomic E-state index is -0.473. The fraction of sp³-hybridized carbons (Fsp3) is 0.652. The van der Waals surface area contributed by atoms with Crippen molar-refractivity contribution >= 4 is 23.4 Å². The second-order valence-electron chi connectivity index (χ2n) is 9.47. The molecule has 0 N–H and O–H groups in total. The summed E-state index contributed by atoms with van der Waals surface area (Å²) in [6.07, 6.45) is -0.240. The van der Waals surface area contributed by atoms with Crippen LogP contribution in [0, 0.1) is 5.92 Å². The van der Waals surface area contributed by atoms with Gasteiger partial charge in [0.15, 0.2) is 0 Å². The minimum absolute atomic E-state index is 0.0937. The first kappa shape index (κ1) is 21.5. The van der Waals surface area contributed by atoms with Crippen LogP contribution in [0.15, 0.2) is 18.2 Å². The SMILES string of the molecule is CC(=O)N1c2ccc(N3CCN(C(=O)OC(C)(C)C)CC3)cc2[C@H](C)[C@@H](C)[C@@H]1C. The van der Waals surface area contributed by atoms with Gasteiger partial charge in [0.1, 0.15) is 5.60 Å². The topological polar surface area (TPSA) is 53.1 Å². The number of ether oxygens (including phenoxy) is 1. The molecule has 0 saturated carbocycles. The number of piperazine rings is 1. The molecule has 3 atom stereocenters. The van der Waals surface area contributed by atoms with E-state index in [1.165, 1.54) is 5.56 Å². The third-order valence-corrected chi connectivity index (χ3v) is 6.35. The molecule has 0 bridgehead atoms. The van der Waals surface area contributed by atoms with Crippen molar-refractivity contribution in [2.75, 3.05) is 36.0 Å². The van der Waals surface area contributed by atoms with Crippen molar-refractivity contribution in [2.45, 2.75) is 66.0 Å². The fourth-order valence-corrected chi connectivity index (χ4v) is 4.41. The highest BCUT2D eigenvalue weighted by Gasteiger charge is 2.36.